The van der Waals surface area contributed by atoms with Gasteiger partial charge in [0.05, 0.1) is 22.1 Å². The van der Waals surface area contributed by atoms with Gasteiger partial charge in [0.1, 0.15) is 0 Å². The van der Waals surface area contributed by atoms with Gasteiger partial charge in [0, 0.05) is 26.1 Å². The van der Waals surface area contributed by atoms with Gasteiger partial charge in [-0.15, -0.1) is 6.42 Å². The van der Waals surface area contributed by atoms with E-state index in [-0.39, 0.29) is 0 Å². The van der Waals surface area contributed by atoms with Crippen LogP contribution in [0, 0.1) is 12.3 Å². The highest BCUT2D eigenvalue weighted by Gasteiger charge is 2.51. The Hall–Kier alpha value is -5.49. The lowest BCUT2D eigenvalue weighted by Crippen LogP contribution is -2.33. The van der Waals surface area contributed by atoms with Gasteiger partial charge in [0.15, 0.2) is 0 Å². The van der Waals surface area contributed by atoms with E-state index in [4.69, 9.17) is 6.42 Å². The third-order valence-corrected chi connectivity index (χ3v) is 10.9. The van der Waals surface area contributed by atoms with E-state index in [1.165, 1.54) is 81.8 Å². The molecule has 1 aliphatic heterocycles. The molecule has 0 saturated carbocycles. The first-order valence-electron chi connectivity index (χ1n) is 15.7. The Bertz CT molecular complexity index is 2440. The van der Waals surface area contributed by atoms with Gasteiger partial charge in [-0.1, -0.05) is 127 Å². The van der Waals surface area contributed by atoms with Crippen LogP contribution in [0.25, 0.3) is 44.2 Å². The summed E-state index contributed by atoms with van der Waals surface area (Å²) in [6.45, 7) is 2.14. The fraction of sp³-hybridized carbons (Fsp3) is 0.0455. The van der Waals surface area contributed by atoms with Crippen LogP contribution < -0.4 is 0 Å². The number of nitrogens with zero attached hydrogens (tertiary/aromatic N) is 1. The van der Waals surface area contributed by atoms with E-state index in [2.05, 4.69) is 157 Å². The van der Waals surface area contributed by atoms with Gasteiger partial charge < -0.3 is 4.57 Å². The van der Waals surface area contributed by atoms with Crippen LogP contribution in [-0.4, -0.2) is 4.57 Å². The molecule has 46 heavy (non-hydrogen) atoms. The Morgan fingerprint density at radius 2 is 1.33 bits per heavy atom. The molecule has 0 bridgehead atoms. The van der Waals surface area contributed by atoms with Gasteiger partial charge in [-0.25, -0.2) is 0 Å². The topological polar surface area (TPSA) is 4.93 Å². The third kappa shape index (κ3) is 3.61. The van der Waals surface area contributed by atoms with Crippen molar-refractivity contribution < 1.29 is 0 Å². The van der Waals surface area contributed by atoms with Crippen LogP contribution >= 0.6 is 11.8 Å². The molecule has 2 aliphatic rings. The van der Waals surface area contributed by atoms with Crippen molar-refractivity contribution in [3.05, 3.63) is 180 Å². The molecule has 0 atom stereocenters. The number of benzene rings is 6. The van der Waals surface area contributed by atoms with Crippen molar-refractivity contribution in [2.75, 3.05) is 0 Å². The molecule has 0 saturated heterocycles. The van der Waals surface area contributed by atoms with Crippen molar-refractivity contribution in [3.8, 4) is 29.2 Å². The molecule has 2 heteroatoms. The zero-order chi connectivity index (χ0) is 30.8. The van der Waals surface area contributed by atoms with Crippen LogP contribution in [-0.2, 0) is 5.41 Å². The van der Waals surface area contributed by atoms with Crippen molar-refractivity contribution in [2.45, 2.75) is 22.1 Å². The number of rotatable bonds is 3. The van der Waals surface area contributed by atoms with E-state index in [1.54, 1.807) is 6.08 Å². The van der Waals surface area contributed by atoms with Crippen molar-refractivity contribution in [1.82, 2.24) is 4.57 Å². The number of aromatic nitrogens is 1. The Kier molecular flexibility index (Phi) is 6.00. The highest BCUT2D eigenvalue weighted by atomic mass is 32.2. The Balaban J connectivity index is 1.41. The van der Waals surface area contributed by atoms with Crippen LogP contribution in [0.1, 0.15) is 34.7 Å². The molecule has 1 aromatic heterocycles. The molecular weight excluding hydrogens is 575 g/mol. The lowest BCUT2D eigenvalue weighted by Gasteiger charge is -2.40. The summed E-state index contributed by atoms with van der Waals surface area (Å²) in [4.78, 5) is 2.62. The van der Waals surface area contributed by atoms with Crippen LogP contribution in [0.5, 0.6) is 0 Å². The highest BCUT2D eigenvalue weighted by Crippen LogP contribution is 2.63. The molecule has 0 fully saturated rings. The average molecular weight is 604 g/mol. The quantitative estimate of drug-likeness (QED) is 0.144. The largest absolute Gasteiger partial charge is 0.309 e. The lowest BCUT2D eigenvalue weighted by atomic mass is 9.67. The van der Waals surface area contributed by atoms with Crippen molar-refractivity contribution >= 4 is 39.1 Å². The Morgan fingerprint density at radius 3 is 2.11 bits per heavy atom. The van der Waals surface area contributed by atoms with Crippen LogP contribution in [0.15, 0.2) is 161 Å². The predicted molar refractivity (Wildman–Crippen MR) is 194 cm³/mol. The minimum absolute atomic E-state index is 0.457. The van der Waals surface area contributed by atoms with Crippen molar-refractivity contribution in [1.29, 1.82) is 0 Å². The molecule has 0 unspecified atom stereocenters. The first kappa shape index (κ1) is 26.9. The molecule has 9 rings (SSSR count). The van der Waals surface area contributed by atoms with Gasteiger partial charge >= 0.3 is 0 Å². The van der Waals surface area contributed by atoms with Crippen molar-refractivity contribution in [2.24, 2.45) is 0 Å². The summed E-state index contributed by atoms with van der Waals surface area (Å²) in [5.74, 6) is 2.58. The summed E-state index contributed by atoms with van der Waals surface area (Å²) in [5.41, 5.74) is 13.5. The minimum Gasteiger partial charge on any atom is -0.309 e. The van der Waals surface area contributed by atoms with E-state index < -0.39 is 5.41 Å². The van der Waals surface area contributed by atoms with Gasteiger partial charge in [0.25, 0.3) is 0 Å². The molecule has 6 aromatic carbocycles. The second kappa shape index (κ2) is 10.3. The zero-order valence-electron chi connectivity index (χ0n) is 25.4. The van der Waals surface area contributed by atoms with Crippen LogP contribution in [0.2, 0.25) is 0 Å². The van der Waals surface area contributed by atoms with E-state index in [0.29, 0.717) is 0 Å². The summed E-state index contributed by atoms with van der Waals surface area (Å²) in [6.07, 6.45) is 11.2. The second-order valence-corrected chi connectivity index (χ2v) is 13.1. The standard InChI is InChI=1S/C44H29NS/c1-3-4-5-15-29(2)30-26-27-39-34(28-30)32-17-7-11-22-38(32)45(39)40-23-14-18-33-31-16-6-8-19-35(31)44(43(33)40)36-20-9-12-24-41(36)46-42-25-13-10-21-37(42)44/h1,4-28H,2H3/b5-4-,29-15+. The number of hydrogen-bond donors (Lipinski definition) is 0. The van der Waals surface area contributed by atoms with Crippen LogP contribution in [0.3, 0.4) is 0 Å². The first-order valence-corrected chi connectivity index (χ1v) is 16.5. The summed E-state index contributed by atoms with van der Waals surface area (Å²) >= 11 is 1.88. The average Bonchev–Trinajstić information content (AvgIpc) is 3.59. The third-order valence-electron chi connectivity index (χ3n) is 9.75. The Morgan fingerprint density at radius 1 is 0.674 bits per heavy atom. The summed E-state index contributed by atoms with van der Waals surface area (Å²) < 4.78 is 2.51. The molecule has 1 spiro atoms. The second-order valence-electron chi connectivity index (χ2n) is 12.0. The molecule has 2 heterocycles. The molecule has 0 N–H and O–H groups in total. The van der Waals surface area contributed by atoms with E-state index in [9.17, 15) is 0 Å². The molecule has 1 nitrogen and oxygen atoms in total. The number of para-hydroxylation sites is 1. The van der Waals surface area contributed by atoms with Gasteiger partial charge in [0.2, 0.25) is 0 Å². The summed E-state index contributed by atoms with van der Waals surface area (Å²) in [6, 6.07) is 49.6. The molecular formula is C44H29NS. The predicted octanol–water partition coefficient (Wildman–Crippen LogP) is 11.2. The number of hydrogen-bond acceptors (Lipinski definition) is 1. The summed E-state index contributed by atoms with van der Waals surface area (Å²) in [5, 5.41) is 2.48. The maximum atomic E-state index is 5.45. The molecule has 1 aliphatic carbocycles. The minimum atomic E-state index is -0.457. The number of allylic oxidation sites excluding steroid dienone is 4. The molecule has 0 amide bonds. The Labute approximate surface area is 273 Å². The lowest BCUT2D eigenvalue weighted by molar-refractivity contribution is 0.717. The summed E-state index contributed by atoms with van der Waals surface area (Å²) in [7, 11) is 0. The fourth-order valence-corrected chi connectivity index (χ4v) is 9.09. The number of terminal acetylenes is 1. The maximum absolute atomic E-state index is 5.45. The fourth-order valence-electron chi connectivity index (χ4n) is 7.90. The normalized spacial score (nSPS) is 14.3. The molecule has 0 radical (unpaired) electrons. The van der Waals surface area contributed by atoms with Gasteiger partial charge in [-0.05, 0) is 88.4 Å². The molecule has 7 aromatic rings. The highest BCUT2D eigenvalue weighted by molar-refractivity contribution is 7.99. The van der Waals surface area contributed by atoms with Gasteiger partial charge in [-0.3, -0.25) is 0 Å². The maximum Gasteiger partial charge on any atom is 0.0755 e. The van der Waals surface area contributed by atoms with Crippen LogP contribution in [0.4, 0.5) is 0 Å². The van der Waals surface area contributed by atoms with E-state index >= 15 is 0 Å². The van der Waals surface area contributed by atoms with Gasteiger partial charge in [-0.2, -0.15) is 0 Å². The monoisotopic (exact) mass is 603 g/mol. The smallest absolute Gasteiger partial charge is 0.0755 e. The van der Waals surface area contributed by atoms with E-state index in [1.807, 2.05) is 17.8 Å². The number of fused-ring (bicyclic) bond motifs is 12. The molecule has 216 valence electrons. The first-order chi connectivity index (χ1) is 22.7. The SMILES string of the molecule is C#C/C=C\C=C(/C)c1ccc2c(c1)c1ccccc1n2-c1cccc2c1C1(c3ccccc3Sc3ccccc31)c1ccccc1-2. The zero-order valence-corrected chi connectivity index (χ0v) is 26.2. The van der Waals surface area contributed by atoms with Crippen molar-refractivity contribution in [3.63, 3.8) is 0 Å². The van der Waals surface area contributed by atoms with E-state index in [0.717, 1.165) is 0 Å².